The highest BCUT2D eigenvalue weighted by molar-refractivity contribution is 6.36. The molecule has 1 atom stereocenters. The van der Waals surface area contributed by atoms with Gasteiger partial charge in [-0.3, -0.25) is 9.99 Å². The summed E-state index contributed by atoms with van der Waals surface area (Å²) in [5, 5.41) is 19.0. The lowest BCUT2D eigenvalue weighted by atomic mass is 9.69. The number of hydrogen-bond acceptors (Lipinski definition) is 7. The van der Waals surface area contributed by atoms with Crippen molar-refractivity contribution in [2.75, 3.05) is 10.6 Å². The fourth-order valence-electron chi connectivity index (χ4n) is 5.34. The molecule has 2 radical (unpaired) electrons. The van der Waals surface area contributed by atoms with Gasteiger partial charge in [0.05, 0.1) is 32.9 Å². The van der Waals surface area contributed by atoms with Gasteiger partial charge in [-0.2, -0.15) is 5.26 Å². The predicted molar refractivity (Wildman–Crippen MR) is 144 cm³/mol. The molecule has 0 saturated heterocycles. The monoisotopic (exact) mass is 549 g/mol. The van der Waals surface area contributed by atoms with Gasteiger partial charge >= 0.3 is 0 Å². The summed E-state index contributed by atoms with van der Waals surface area (Å²) in [6.07, 6.45) is 4.63. The van der Waals surface area contributed by atoms with E-state index in [2.05, 4.69) is 32.6 Å². The third-order valence-corrected chi connectivity index (χ3v) is 7.65. The Morgan fingerprint density at radius 1 is 1.23 bits per heavy atom. The highest BCUT2D eigenvalue weighted by Gasteiger charge is 2.54. The molecule has 0 spiro atoms. The molecule has 1 unspecified atom stereocenters. The normalized spacial score (nSPS) is 20.8. The molecule has 7 nitrogen and oxygen atoms in total. The van der Waals surface area contributed by atoms with E-state index in [4.69, 9.17) is 19.4 Å². The van der Waals surface area contributed by atoms with Crippen LogP contribution in [0.25, 0.3) is 10.9 Å². The number of benzene rings is 2. The average Bonchev–Trinajstić information content (AvgIpc) is 3.59. The van der Waals surface area contributed by atoms with E-state index in [0.29, 0.717) is 39.6 Å². The largest absolute Gasteiger partial charge is 0.378 e. The van der Waals surface area contributed by atoms with Gasteiger partial charge in [0.2, 0.25) is 0 Å². The Kier molecular flexibility index (Phi) is 5.90. The zero-order chi connectivity index (χ0) is 27.6. The second-order valence-electron chi connectivity index (χ2n) is 10.8. The predicted octanol–water partition coefficient (Wildman–Crippen LogP) is 5.26. The molecule has 4 N–H and O–H groups in total. The number of hydrazine groups is 2. The molecule has 0 amide bonds. The minimum atomic E-state index is -2.76. The van der Waals surface area contributed by atoms with Gasteiger partial charge in [0.25, 0.3) is 5.92 Å². The van der Waals surface area contributed by atoms with E-state index in [0.717, 1.165) is 12.8 Å². The molecule has 1 aliphatic heterocycles. The Balaban J connectivity index is 1.43. The number of anilines is 2. The molecule has 2 saturated carbocycles. The van der Waals surface area contributed by atoms with Crippen LogP contribution in [0.1, 0.15) is 43.7 Å². The number of nitrogens with one attached hydrogen (secondary N) is 4. The third-order valence-electron chi connectivity index (χ3n) is 7.36. The summed E-state index contributed by atoms with van der Waals surface area (Å²) in [6, 6.07) is 11.7. The molecule has 2 aromatic carbocycles. The number of nitrogens with zero attached hydrogens (tertiary/aromatic N) is 3. The third kappa shape index (κ3) is 4.72. The van der Waals surface area contributed by atoms with Crippen LogP contribution in [0.4, 0.5) is 24.5 Å². The summed E-state index contributed by atoms with van der Waals surface area (Å²) in [7, 11) is 7.00. The maximum absolute atomic E-state index is 13.8. The topological polar surface area (TPSA) is 88.0 Å². The van der Waals surface area contributed by atoms with E-state index in [9.17, 15) is 18.4 Å². The molecule has 6 rings (SSSR count). The molecule has 0 bridgehead atoms. The number of alkyl halides is 2. The Morgan fingerprint density at radius 3 is 2.59 bits per heavy atom. The first-order valence-corrected chi connectivity index (χ1v) is 12.9. The van der Waals surface area contributed by atoms with Gasteiger partial charge in [-0.05, 0) is 49.6 Å². The van der Waals surface area contributed by atoms with E-state index in [1.807, 2.05) is 11.2 Å². The number of halogens is 4. The molecule has 39 heavy (non-hydrogen) atoms. The van der Waals surface area contributed by atoms with Crippen LogP contribution < -0.4 is 21.6 Å². The summed E-state index contributed by atoms with van der Waals surface area (Å²) in [5.41, 5.74) is 6.60. The second kappa shape index (κ2) is 8.96. The minimum absolute atomic E-state index is 0.203. The lowest BCUT2D eigenvalue weighted by molar-refractivity contribution is -0.109. The fraction of sp³-hybridized carbons (Fsp3) is 0.333. The Bertz CT molecular complexity index is 1530. The lowest BCUT2D eigenvalue weighted by Crippen LogP contribution is -2.54. The van der Waals surface area contributed by atoms with Crippen LogP contribution in [-0.4, -0.2) is 35.3 Å². The van der Waals surface area contributed by atoms with Gasteiger partial charge in [0, 0.05) is 47.9 Å². The molecule has 3 aromatic rings. The van der Waals surface area contributed by atoms with Crippen molar-refractivity contribution in [2.24, 2.45) is 0 Å². The fourth-order valence-corrected chi connectivity index (χ4v) is 5.61. The van der Waals surface area contributed by atoms with Gasteiger partial charge in [-0.1, -0.05) is 23.7 Å². The van der Waals surface area contributed by atoms with Crippen molar-refractivity contribution in [3.05, 3.63) is 76.5 Å². The zero-order valence-corrected chi connectivity index (χ0v) is 21.7. The van der Waals surface area contributed by atoms with Crippen molar-refractivity contribution in [1.82, 2.24) is 21.0 Å². The molecule has 2 fully saturated rings. The van der Waals surface area contributed by atoms with Crippen molar-refractivity contribution in [3.63, 3.8) is 0 Å². The van der Waals surface area contributed by atoms with E-state index in [1.165, 1.54) is 18.3 Å². The average molecular weight is 550 g/mol. The molecule has 2 heterocycles. The van der Waals surface area contributed by atoms with Crippen LogP contribution in [0.2, 0.25) is 5.02 Å². The number of pyridine rings is 1. The minimum Gasteiger partial charge on any atom is -0.378 e. The highest BCUT2D eigenvalue weighted by atomic mass is 35.5. The molecular weight excluding hydrogens is 526 g/mol. The Labute approximate surface area is 229 Å². The molecule has 2 aliphatic carbocycles. The quantitative estimate of drug-likeness (QED) is 0.299. The van der Waals surface area contributed by atoms with Gasteiger partial charge in [-0.15, -0.1) is 5.53 Å². The number of nitriles is 1. The van der Waals surface area contributed by atoms with Crippen molar-refractivity contribution in [3.8, 4) is 6.07 Å². The first kappa shape index (κ1) is 25.7. The SMILES string of the molecule is [B]C(Nc1cc(Cl)c2ncc(C#N)c(NC3(C)CC(F)(F)C3)c2c1)(C1=CN(C2CC2)NN1)c1ccc(F)cc1. The van der Waals surface area contributed by atoms with Gasteiger partial charge in [0.1, 0.15) is 19.7 Å². The van der Waals surface area contributed by atoms with Crippen molar-refractivity contribution >= 4 is 41.7 Å². The number of hydrogen-bond donors (Lipinski definition) is 4. The summed E-state index contributed by atoms with van der Waals surface area (Å²) < 4.78 is 41.3. The smallest absolute Gasteiger partial charge is 0.252 e. The number of fused-ring (bicyclic) bond motifs is 1. The Morgan fingerprint density at radius 2 is 1.95 bits per heavy atom. The zero-order valence-electron chi connectivity index (χ0n) is 21.0. The highest BCUT2D eigenvalue weighted by Crippen LogP contribution is 2.48. The van der Waals surface area contributed by atoms with E-state index >= 15 is 0 Å². The van der Waals surface area contributed by atoms with E-state index in [1.54, 1.807) is 31.2 Å². The van der Waals surface area contributed by atoms with Crippen molar-refractivity contribution in [1.29, 1.82) is 5.26 Å². The van der Waals surface area contributed by atoms with Crippen LogP contribution in [-0.2, 0) is 5.44 Å². The van der Waals surface area contributed by atoms with E-state index in [-0.39, 0.29) is 23.4 Å². The molecule has 12 heteroatoms. The first-order valence-electron chi connectivity index (χ1n) is 12.5. The van der Waals surface area contributed by atoms with Gasteiger partial charge in [0.15, 0.2) is 0 Å². The maximum atomic E-state index is 13.8. The lowest BCUT2D eigenvalue weighted by Gasteiger charge is -2.46. The summed E-state index contributed by atoms with van der Waals surface area (Å²) in [5.74, 6) is -3.16. The van der Waals surface area contributed by atoms with Crippen LogP contribution >= 0.6 is 11.6 Å². The standard InChI is InChI=1S/C27H24BClF3N7/c1-25(13-26(31,32)14-25)36-23-15(10-33)11-34-24-20(23)8-18(9-21(24)29)35-27(28,16-2-4-17(30)5-3-16)22-12-39(38-37-22)19-6-7-19/h2-5,8-9,11-12,19,35,37-38H,6-7,13-14H2,1H3,(H,34,36). The van der Waals surface area contributed by atoms with Crippen LogP contribution in [0.15, 0.2) is 54.5 Å². The number of rotatable bonds is 7. The second-order valence-corrected chi connectivity index (χ2v) is 11.2. The van der Waals surface area contributed by atoms with Gasteiger partial charge in [-0.25, -0.2) is 13.2 Å². The summed E-state index contributed by atoms with van der Waals surface area (Å²) >= 11 is 6.65. The van der Waals surface area contributed by atoms with Crippen molar-refractivity contribution < 1.29 is 13.2 Å². The van der Waals surface area contributed by atoms with E-state index < -0.39 is 22.7 Å². The molecular formula is C27H24BClF3N7. The first-order chi connectivity index (χ1) is 18.5. The number of aromatic nitrogens is 1. The van der Waals surface area contributed by atoms with Crippen molar-refractivity contribution in [2.45, 2.75) is 55.5 Å². The van der Waals surface area contributed by atoms with Crippen LogP contribution in [0.3, 0.4) is 0 Å². The summed E-state index contributed by atoms with van der Waals surface area (Å²) in [6.45, 7) is 1.69. The maximum Gasteiger partial charge on any atom is 0.252 e. The molecule has 3 aliphatic rings. The molecule has 1 aromatic heterocycles. The van der Waals surface area contributed by atoms with Crippen LogP contribution in [0, 0.1) is 17.1 Å². The molecule has 198 valence electrons. The summed E-state index contributed by atoms with van der Waals surface area (Å²) in [4.78, 5) is 4.35. The van der Waals surface area contributed by atoms with Crippen LogP contribution in [0.5, 0.6) is 0 Å². The van der Waals surface area contributed by atoms with Gasteiger partial charge < -0.3 is 16.1 Å². The Hall–Kier alpha value is -3.62.